The van der Waals surface area contributed by atoms with Crippen LogP contribution in [0, 0.1) is 0 Å². The lowest BCUT2D eigenvalue weighted by molar-refractivity contribution is 0.152. The van der Waals surface area contributed by atoms with Gasteiger partial charge in [0.2, 0.25) is 0 Å². The average Bonchev–Trinajstić information content (AvgIpc) is 2.03. The summed E-state index contributed by atoms with van der Waals surface area (Å²) >= 11 is 0. The molecule has 0 radical (unpaired) electrons. The van der Waals surface area contributed by atoms with Crippen LogP contribution in [0.1, 0.15) is 13.8 Å². The molecule has 0 aromatic carbocycles. The van der Waals surface area contributed by atoms with Crippen LogP contribution in [-0.4, -0.2) is 34.2 Å². The Hall–Kier alpha value is -0.553. The van der Waals surface area contributed by atoms with Crippen molar-refractivity contribution >= 4 is 14.4 Å². The molecule has 84 valence electrons. The van der Waals surface area contributed by atoms with Gasteiger partial charge in [-0.25, -0.2) is 4.79 Å². The van der Waals surface area contributed by atoms with Crippen LogP contribution < -0.4 is 5.32 Å². The van der Waals surface area contributed by atoms with Crippen LogP contribution in [0.4, 0.5) is 4.79 Å². The molecule has 4 nitrogen and oxygen atoms in total. The van der Waals surface area contributed by atoms with Gasteiger partial charge in [0.1, 0.15) is 0 Å². The second-order valence-corrected chi connectivity index (χ2v) is 7.90. The zero-order valence-corrected chi connectivity index (χ0v) is 10.6. The molecule has 14 heavy (non-hydrogen) atoms. The van der Waals surface area contributed by atoms with E-state index in [1.54, 1.807) is 6.92 Å². The smallest absolute Gasteiger partial charge is 0.407 e. The van der Waals surface area contributed by atoms with Crippen LogP contribution in [0.3, 0.4) is 0 Å². The zero-order chi connectivity index (χ0) is 11.0. The molecule has 0 unspecified atom stereocenters. The number of ether oxygens (including phenoxy) is 1. The van der Waals surface area contributed by atoms with Crippen molar-refractivity contribution in [1.82, 2.24) is 5.32 Å². The van der Waals surface area contributed by atoms with Gasteiger partial charge in [-0.15, -0.1) is 0 Å². The van der Waals surface area contributed by atoms with E-state index in [1.807, 2.05) is 6.92 Å². The van der Waals surface area contributed by atoms with Gasteiger partial charge in [0.25, 0.3) is 0 Å². The number of hydrogen-bond donors (Lipinski definition) is 1. The van der Waals surface area contributed by atoms with Gasteiger partial charge in [0.05, 0.1) is 6.61 Å². The predicted octanol–water partition coefficient (Wildman–Crippen LogP) is 1.97. The van der Waals surface area contributed by atoms with Gasteiger partial charge in [-0.3, -0.25) is 0 Å². The highest BCUT2D eigenvalue weighted by molar-refractivity contribution is 6.71. The molecule has 0 aliphatic carbocycles. The molecule has 0 aromatic rings. The normalized spacial score (nSPS) is 11.1. The molecule has 0 aliphatic heterocycles. The van der Waals surface area contributed by atoms with Crippen LogP contribution in [0.25, 0.3) is 0 Å². The molecule has 5 heteroatoms. The van der Waals surface area contributed by atoms with E-state index in [0.29, 0.717) is 13.2 Å². The maximum atomic E-state index is 10.9. The summed E-state index contributed by atoms with van der Waals surface area (Å²) in [6, 6.07) is 0.916. The van der Waals surface area contributed by atoms with E-state index in [1.165, 1.54) is 0 Å². The van der Waals surface area contributed by atoms with E-state index in [4.69, 9.17) is 9.16 Å². The number of amides is 1. The van der Waals surface area contributed by atoms with Crippen LogP contribution in [-0.2, 0) is 9.16 Å². The van der Waals surface area contributed by atoms with Crippen molar-refractivity contribution in [1.29, 1.82) is 0 Å². The van der Waals surface area contributed by atoms with E-state index in [9.17, 15) is 4.79 Å². The van der Waals surface area contributed by atoms with Gasteiger partial charge in [-0.1, -0.05) is 0 Å². The summed E-state index contributed by atoms with van der Waals surface area (Å²) in [5.41, 5.74) is 0. The third-order valence-electron chi connectivity index (χ3n) is 1.81. The number of rotatable bonds is 6. The first kappa shape index (κ1) is 13.4. The first-order valence-corrected chi connectivity index (χ1v) is 8.18. The average molecular weight is 219 g/mol. The molecular formula is C9H21NO3Si. The maximum absolute atomic E-state index is 10.9. The Morgan fingerprint density at radius 1 is 1.29 bits per heavy atom. The van der Waals surface area contributed by atoms with E-state index in [0.717, 1.165) is 12.7 Å². The third kappa shape index (κ3) is 6.91. The summed E-state index contributed by atoms with van der Waals surface area (Å²) < 4.78 is 10.4. The molecule has 0 atom stereocenters. The largest absolute Gasteiger partial charge is 0.450 e. The Balaban J connectivity index is 3.57. The van der Waals surface area contributed by atoms with Crippen LogP contribution >= 0.6 is 0 Å². The Morgan fingerprint density at radius 3 is 2.43 bits per heavy atom. The Labute approximate surface area is 87.1 Å². The van der Waals surface area contributed by atoms with E-state index < -0.39 is 8.32 Å². The van der Waals surface area contributed by atoms with Crippen LogP contribution in [0.15, 0.2) is 0 Å². The van der Waals surface area contributed by atoms with Crippen LogP contribution in [0.2, 0.25) is 19.1 Å². The molecule has 0 fully saturated rings. The van der Waals surface area contributed by atoms with Crippen molar-refractivity contribution in [2.45, 2.75) is 33.0 Å². The predicted molar refractivity (Wildman–Crippen MR) is 58.9 cm³/mol. The molecule has 0 bridgehead atoms. The van der Waals surface area contributed by atoms with Crippen molar-refractivity contribution in [2.75, 3.05) is 19.8 Å². The summed E-state index contributed by atoms with van der Waals surface area (Å²) in [7, 11) is -1.56. The zero-order valence-electron chi connectivity index (χ0n) is 9.55. The molecule has 0 rings (SSSR count). The monoisotopic (exact) mass is 219 g/mol. The fourth-order valence-electron chi connectivity index (χ4n) is 1.11. The van der Waals surface area contributed by atoms with Crippen molar-refractivity contribution in [3.05, 3.63) is 0 Å². The molecular weight excluding hydrogens is 198 g/mol. The molecule has 1 amide bonds. The minimum absolute atomic E-state index is 0.339. The highest BCUT2D eigenvalue weighted by Gasteiger charge is 2.21. The summed E-state index contributed by atoms with van der Waals surface area (Å²) in [6.07, 6.45) is -0.339. The lowest BCUT2D eigenvalue weighted by Crippen LogP contribution is -2.36. The summed E-state index contributed by atoms with van der Waals surface area (Å²) in [5, 5.41) is 2.69. The highest BCUT2D eigenvalue weighted by Crippen LogP contribution is 2.09. The number of nitrogens with one attached hydrogen (secondary N) is 1. The Morgan fingerprint density at radius 2 is 1.93 bits per heavy atom. The number of hydrogen-bond acceptors (Lipinski definition) is 3. The molecule has 1 N–H and O–H groups in total. The van der Waals surface area contributed by atoms with E-state index in [-0.39, 0.29) is 6.09 Å². The summed E-state index contributed by atoms with van der Waals surface area (Å²) in [6.45, 7) is 9.87. The number of alkyl carbamates (subject to hydrolysis) is 1. The minimum atomic E-state index is -1.56. The fraction of sp³-hybridized carbons (Fsp3) is 0.889. The highest BCUT2D eigenvalue weighted by atomic mass is 28.4. The lowest BCUT2D eigenvalue weighted by atomic mass is 10.7. The molecule has 0 aromatic heterocycles. The standard InChI is InChI=1S/C9H21NO3Si/c1-5-12-9(11)10-7-8-14(3,4)13-6-2/h5-8H2,1-4H3,(H,10,11). The van der Waals surface area contributed by atoms with Gasteiger partial charge in [-0.2, -0.15) is 0 Å². The van der Waals surface area contributed by atoms with E-state index in [2.05, 4.69) is 18.4 Å². The number of carbonyl (C=O) groups is 1. The SMILES string of the molecule is CCOC(=O)NCC[Si](C)(C)OCC. The topological polar surface area (TPSA) is 47.6 Å². The lowest BCUT2D eigenvalue weighted by Gasteiger charge is -2.21. The van der Waals surface area contributed by atoms with E-state index >= 15 is 0 Å². The Kier molecular flexibility index (Phi) is 6.57. The fourth-order valence-corrected chi connectivity index (χ4v) is 2.76. The van der Waals surface area contributed by atoms with Crippen molar-refractivity contribution in [3.63, 3.8) is 0 Å². The molecule has 0 saturated carbocycles. The maximum Gasteiger partial charge on any atom is 0.407 e. The Bertz CT molecular complexity index is 173. The summed E-state index contributed by atoms with van der Waals surface area (Å²) in [5.74, 6) is 0. The van der Waals surface area contributed by atoms with Gasteiger partial charge < -0.3 is 14.5 Å². The molecule has 0 spiro atoms. The van der Waals surface area contributed by atoms with Crippen molar-refractivity contribution in [2.24, 2.45) is 0 Å². The first-order valence-electron chi connectivity index (χ1n) is 5.06. The van der Waals surface area contributed by atoms with Crippen molar-refractivity contribution in [3.8, 4) is 0 Å². The van der Waals surface area contributed by atoms with Crippen molar-refractivity contribution < 1.29 is 14.0 Å². The molecule has 0 aliphatic rings. The second kappa shape index (κ2) is 6.84. The van der Waals surface area contributed by atoms with Gasteiger partial charge in [0.15, 0.2) is 8.32 Å². The molecule has 0 saturated heterocycles. The first-order chi connectivity index (χ1) is 6.52. The third-order valence-corrected chi connectivity index (χ3v) is 4.33. The van der Waals surface area contributed by atoms with Gasteiger partial charge in [0, 0.05) is 13.2 Å². The van der Waals surface area contributed by atoms with Crippen LogP contribution in [0.5, 0.6) is 0 Å². The summed E-state index contributed by atoms with van der Waals surface area (Å²) in [4.78, 5) is 10.9. The second-order valence-electron chi connectivity index (χ2n) is 3.59. The minimum Gasteiger partial charge on any atom is -0.450 e. The number of carbonyl (C=O) groups excluding carboxylic acids is 1. The van der Waals surface area contributed by atoms with Gasteiger partial charge in [-0.05, 0) is 33.0 Å². The van der Waals surface area contributed by atoms with Gasteiger partial charge >= 0.3 is 6.09 Å². The molecule has 0 heterocycles. The quantitative estimate of drug-likeness (QED) is 0.695.